The van der Waals surface area contributed by atoms with E-state index in [1.54, 1.807) is 24.5 Å². The Bertz CT molecular complexity index is 524. The molecule has 0 aliphatic rings. The number of nitrogens with two attached hydrogens (primary N) is 1. The van der Waals surface area contributed by atoms with E-state index in [1.807, 2.05) is 19.1 Å². The molecule has 5 heteroatoms. The Balaban J connectivity index is 2.08. The maximum absolute atomic E-state index is 10.9. The van der Waals surface area contributed by atoms with Crippen molar-refractivity contribution in [1.29, 1.82) is 0 Å². The highest BCUT2D eigenvalue weighted by Crippen LogP contribution is 2.16. The zero-order valence-electron chi connectivity index (χ0n) is 10.00. The number of nitrogens with zero attached hydrogens (tertiary/aromatic N) is 2. The van der Waals surface area contributed by atoms with E-state index in [4.69, 9.17) is 5.73 Å². The van der Waals surface area contributed by atoms with Gasteiger partial charge in [0.1, 0.15) is 5.82 Å². The number of aromatic nitrogens is 2. The van der Waals surface area contributed by atoms with Crippen molar-refractivity contribution in [3.05, 3.63) is 54.0 Å². The SMILES string of the molecule is CC(Nc1ccc(C(N)=O)cn1)c1ccncc1. The number of carbonyl (C=O) groups excluding carboxylic acids is 1. The maximum Gasteiger partial charge on any atom is 0.250 e. The van der Waals surface area contributed by atoms with Gasteiger partial charge in [0.25, 0.3) is 0 Å². The maximum atomic E-state index is 10.9. The molecule has 2 heterocycles. The molecule has 0 fully saturated rings. The highest BCUT2D eigenvalue weighted by molar-refractivity contribution is 5.92. The lowest BCUT2D eigenvalue weighted by molar-refractivity contribution is 0.1000. The van der Waals surface area contributed by atoms with E-state index in [-0.39, 0.29) is 6.04 Å². The highest BCUT2D eigenvalue weighted by Gasteiger charge is 2.06. The Morgan fingerprint density at radius 3 is 2.56 bits per heavy atom. The summed E-state index contributed by atoms with van der Waals surface area (Å²) in [5.74, 6) is 0.223. The number of primary amides is 1. The van der Waals surface area contributed by atoms with Crippen LogP contribution in [0.1, 0.15) is 28.9 Å². The lowest BCUT2D eigenvalue weighted by Gasteiger charge is -2.14. The first kappa shape index (κ1) is 12.0. The first-order chi connectivity index (χ1) is 8.66. The Morgan fingerprint density at radius 2 is 2.00 bits per heavy atom. The van der Waals surface area contributed by atoms with Gasteiger partial charge in [-0.3, -0.25) is 9.78 Å². The Hall–Kier alpha value is -2.43. The predicted molar refractivity (Wildman–Crippen MR) is 69.0 cm³/mol. The van der Waals surface area contributed by atoms with Gasteiger partial charge in [0.2, 0.25) is 5.91 Å². The molecule has 92 valence electrons. The number of carbonyl (C=O) groups is 1. The summed E-state index contributed by atoms with van der Waals surface area (Å²) in [6, 6.07) is 7.37. The molecule has 0 bridgehead atoms. The Labute approximate surface area is 105 Å². The molecule has 1 amide bonds. The summed E-state index contributed by atoms with van der Waals surface area (Å²) < 4.78 is 0. The van der Waals surface area contributed by atoms with Crippen molar-refractivity contribution in [2.75, 3.05) is 5.32 Å². The second kappa shape index (κ2) is 5.27. The lowest BCUT2D eigenvalue weighted by Crippen LogP contribution is -2.12. The molecule has 0 spiro atoms. The Kier molecular flexibility index (Phi) is 3.52. The predicted octanol–water partition coefficient (Wildman–Crippen LogP) is 1.75. The van der Waals surface area contributed by atoms with Crippen LogP contribution in [0.2, 0.25) is 0 Å². The third kappa shape index (κ3) is 2.82. The van der Waals surface area contributed by atoms with Crippen molar-refractivity contribution in [2.45, 2.75) is 13.0 Å². The van der Waals surface area contributed by atoms with Gasteiger partial charge in [-0.05, 0) is 36.8 Å². The topological polar surface area (TPSA) is 80.9 Å². The largest absolute Gasteiger partial charge is 0.366 e. The molecule has 2 aromatic heterocycles. The van der Waals surface area contributed by atoms with E-state index in [0.29, 0.717) is 11.4 Å². The fourth-order valence-corrected chi connectivity index (χ4v) is 1.58. The normalized spacial score (nSPS) is 11.8. The van der Waals surface area contributed by atoms with Crippen molar-refractivity contribution in [3.63, 3.8) is 0 Å². The number of hydrogen-bond acceptors (Lipinski definition) is 4. The van der Waals surface area contributed by atoms with Crippen LogP contribution >= 0.6 is 0 Å². The van der Waals surface area contributed by atoms with Gasteiger partial charge in [-0.2, -0.15) is 0 Å². The molecular weight excluding hydrogens is 228 g/mol. The van der Waals surface area contributed by atoms with Crippen LogP contribution in [0.5, 0.6) is 0 Å². The second-order valence-corrected chi connectivity index (χ2v) is 3.94. The first-order valence-electron chi connectivity index (χ1n) is 5.59. The molecule has 0 aliphatic heterocycles. The summed E-state index contributed by atoms with van der Waals surface area (Å²) in [6.07, 6.45) is 4.96. The molecule has 2 rings (SSSR count). The molecular formula is C13H14N4O. The molecule has 0 saturated heterocycles. The monoisotopic (exact) mass is 242 g/mol. The summed E-state index contributed by atoms with van der Waals surface area (Å²) in [7, 11) is 0. The minimum atomic E-state index is -0.476. The number of nitrogens with one attached hydrogen (secondary N) is 1. The molecule has 1 atom stereocenters. The van der Waals surface area contributed by atoms with Crippen LogP contribution in [0.3, 0.4) is 0 Å². The number of rotatable bonds is 4. The smallest absolute Gasteiger partial charge is 0.250 e. The number of hydrogen-bond donors (Lipinski definition) is 2. The highest BCUT2D eigenvalue weighted by atomic mass is 16.1. The van der Waals surface area contributed by atoms with Gasteiger partial charge in [-0.1, -0.05) is 0 Å². The molecule has 18 heavy (non-hydrogen) atoms. The van der Waals surface area contributed by atoms with Gasteiger partial charge in [0.15, 0.2) is 0 Å². The summed E-state index contributed by atoms with van der Waals surface area (Å²) in [5.41, 5.74) is 6.67. The lowest BCUT2D eigenvalue weighted by atomic mass is 10.1. The zero-order chi connectivity index (χ0) is 13.0. The number of pyridine rings is 2. The van der Waals surface area contributed by atoms with Gasteiger partial charge >= 0.3 is 0 Å². The van der Waals surface area contributed by atoms with Crippen LogP contribution in [0.4, 0.5) is 5.82 Å². The fourth-order valence-electron chi connectivity index (χ4n) is 1.58. The third-order valence-electron chi connectivity index (χ3n) is 2.62. The van der Waals surface area contributed by atoms with Gasteiger partial charge in [0, 0.05) is 18.6 Å². The quantitative estimate of drug-likeness (QED) is 0.855. The summed E-state index contributed by atoms with van der Waals surface area (Å²) in [4.78, 5) is 19.0. The molecule has 0 radical (unpaired) electrons. The molecule has 2 aromatic rings. The minimum Gasteiger partial charge on any atom is -0.366 e. The molecule has 0 aromatic carbocycles. The van der Waals surface area contributed by atoms with E-state index >= 15 is 0 Å². The minimum absolute atomic E-state index is 0.111. The van der Waals surface area contributed by atoms with E-state index in [1.165, 1.54) is 6.20 Å². The average molecular weight is 242 g/mol. The molecule has 0 saturated carbocycles. The van der Waals surface area contributed by atoms with E-state index in [0.717, 1.165) is 5.56 Å². The van der Waals surface area contributed by atoms with Crippen LogP contribution in [0.25, 0.3) is 0 Å². The van der Waals surface area contributed by atoms with Crippen LogP contribution in [-0.4, -0.2) is 15.9 Å². The number of anilines is 1. The Morgan fingerprint density at radius 1 is 1.28 bits per heavy atom. The standard InChI is InChI=1S/C13H14N4O/c1-9(10-4-6-15-7-5-10)17-12-3-2-11(8-16-12)13(14)18/h2-9H,1H3,(H2,14,18)(H,16,17). The molecule has 1 unspecified atom stereocenters. The molecule has 5 nitrogen and oxygen atoms in total. The summed E-state index contributed by atoms with van der Waals surface area (Å²) in [5, 5.41) is 3.23. The van der Waals surface area contributed by atoms with E-state index in [2.05, 4.69) is 15.3 Å². The first-order valence-corrected chi connectivity index (χ1v) is 5.59. The van der Waals surface area contributed by atoms with Crippen LogP contribution in [0.15, 0.2) is 42.9 Å². The van der Waals surface area contributed by atoms with Crippen molar-refractivity contribution in [1.82, 2.24) is 9.97 Å². The number of amides is 1. The van der Waals surface area contributed by atoms with Gasteiger partial charge in [-0.25, -0.2) is 4.98 Å². The summed E-state index contributed by atoms with van der Waals surface area (Å²) in [6.45, 7) is 2.03. The fraction of sp³-hybridized carbons (Fsp3) is 0.154. The molecule has 3 N–H and O–H groups in total. The van der Waals surface area contributed by atoms with Crippen molar-refractivity contribution < 1.29 is 4.79 Å². The molecule has 0 aliphatic carbocycles. The van der Waals surface area contributed by atoms with E-state index < -0.39 is 5.91 Å². The zero-order valence-corrected chi connectivity index (χ0v) is 10.00. The van der Waals surface area contributed by atoms with Gasteiger partial charge in [0.05, 0.1) is 11.6 Å². The van der Waals surface area contributed by atoms with Crippen LogP contribution in [0, 0.1) is 0 Å². The second-order valence-electron chi connectivity index (χ2n) is 3.94. The van der Waals surface area contributed by atoms with Crippen LogP contribution in [-0.2, 0) is 0 Å². The van der Waals surface area contributed by atoms with Gasteiger partial charge in [-0.15, -0.1) is 0 Å². The third-order valence-corrected chi connectivity index (χ3v) is 2.62. The average Bonchev–Trinajstić information content (AvgIpc) is 2.40. The van der Waals surface area contributed by atoms with Crippen molar-refractivity contribution in [3.8, 4) is 0 Å². The summed E-state index contributed by atoms with van der Waals surface area (Å²) >= 11 is 0. The van der Waals surface area contributed by atoms with Crippen LogP contribution < -0.4 is 11.1 Å². The van der Waals surface area contributed by atoms with Crippen molar-refractivity contribution in [2.24, 2.45) is 5.73 Å². The van der Waals surface area contributed by atoms with E-state index in [9.17, 15) is 4.79 Å². The van der Waals surface area contributed by atoms with Gasteiger partial charge < -0.3 is 11.1 Å². The van der Waals surface area contributed by atoms with Crippen molar-refractivity contribution >= 4 is 11.7 Å².